The number of Topliss-reactive ketones (excluding diaryl/α,β-unsaturated/α-hetero) is 1. The van der Waals surface area contributed by atoms with E-state index in [0.29, 0.717) is 5.16 Å². The second-order valence-electron chi connectivity index (χ2n) is 5.33. The van der Waals surface area contributed by atoms with E-state index in [9.17, 15) is 14.4 Å². The number of anilines is 1. The van der Waals surface area contributed by atoms with Gasteiger partial charge in [0.05, 0.1) is 5.75 Å². The van der Waals surface area contributed by atoms with Crippen LogP contribution in [0.25, 0.3) is 0 Å². The van der Waals surface area contributed by atoms with E-state index in [4.69, 9.17) is 5.73 Å². The molecular weight excluding hydrogens is 318 g/mol. The van der Waals surface area contributed by atoms with Crippen molar-refractivity contribution >= 4 is 23.4 Å². The molecule has 1 aliphatic carbocycles. The highest BCUT2D eigenvalue weighted by atomic mass is 32.2. The smallest absolute Gasteiger partial charge is 0.330 e. The summed E-state index contributed by atoms with van der Waals surface area (Å²) < 4.78 is 3.21. The predicted octanol–water partition coefficient (Wildman–Crippen LogP) is 0.645. The average molecular weight is 335 g/mol. The number of aromatic nitrogens is 4. The number of aromatic amines is 1. The van der Waals surface area contributed by atoms with Crippen LogP contribution in [0.1, 0.15) is 36.2 Å². The number of nitrogen functional groups attached to an aromatic ring is 1. The molecule has 0 radical (unpaired) electrons. The van der Waals surface area contributed by atoms with Gasteiger partial charge in [-0.1, -0.05) is 11.8 Å². The number of ketones is 1. The largest absolute Gasteiger partial charge is 0.384 e. The van der Waals surface area contributed by atoms with E-state index in [1.807, 2.05) is 17.7 Å². The number of carbonyl (C=O) groups excluding carboxylic acids is 1. The molecule has 1 aliphatic rings. The Labute approximate surface area is 135 Å². The van der Waals surface area contributed by atoms with Gasteiger partial charge in [-0.05, 0) is 19.8 Å². The first-order chi connectivity index (χ1) is 11.0. The molecule has 0 aliphatic heterocycles. The highest BCUT2D eigenvalue weighted by Gasteiger charge is 2.30. The van der Waals surface area contributed by atoms with Crippen molar-refractivity contribution in [1.82, 2.24) is 19.1 Å². The van der Waals surface area contributed by atoms with E-state index >= 15 is 0 Å². The van der Waals surface area contributed by atoms with Gasteiger partial charge in [-0.3, -0.25) is 19.1 Å². The quantitative estimate of drug-likeness (QED) is 0.591. The van der Waals surface area contributed by atoms with Crippen LogP contribution < -0.4 is 17.0 Å². The molecule has 0 unspecified atom stereocenters. The predicted molar refractivity (Wildman–Crippen MR) is 87.0 cm³/mol. The summed E-state index contributed by atoms with van der Waals surface area (Å²) in [5.41, 5.74) is 4.50. The lowest BCUT2D eigenvalue weighted by Crippen LogP contribution is -2.36. The second-order valence-corrected chi connectivity index (χ2v) is 6.27. The molecule has 2 aromatic heterocycles. The maximum atomic E-state index is 12.4. The van der Waals surface area contributed by atoms with E-state index in [2.05, 4.69) is 9.97 Å². The van der Waals surface area contributed by atoms with Crippen molar-refractivity contribution in [1.29, 1.82) is 0 Å². The highest BCUT2D eigenvalue weighted by Crippen LogP contribution is 2.35. The number of nitrogens with one attached hydrogen (secondary N) is 1. The first-order valence-corrected chi connectivity index (χ1v) is 8.33. The molecule has 2 aromatic rings. The van der Waals surface area contributed by atoms with Gasteiger partial charge in [-0.25, -0.2) is 9.78 Å². The lowest BCUT2D eigenvalue weighted by molar-refractivity contribution is 0.102. The molecule has 1 fully saturated rings. The number of carbonyl (C=O) groups is 1. The minimum absolute atomic E-state index is 0.0162. The standard InChI is InChI=1S/C14H17N5O3S/c1-2-18-6-5-16-14(18)23-7-9(20)10-11(15)19(8-3-4-8)13(22)17-12(10)21/h5-6,8H,2-4,7,15H2,1H3,(H,17,21,22). The van der Waals surface area contributed by atoms with Crippen LogP contribution in [-0.2, 0) is 6.54 Å². The van der Waals surface area contributed by atoms with E-state index in [0.717, 1.165) is 19.4 Å². The molecule has 0 spiro atoms. The Morgan fingerprint density at radius 1 is 1.48 bits per heavy atom. The number of thioether (sulfide) groups is 1. The summed E-state index contributed by atoms with van der Waals surface area (Å²) >= 11 is 1.24. The Kier molecular flexibility index (Phi) is 4.12. The second kappa shape index (κ2) is 6.07. The number of hydrogen-bond donors (Lipinski definition) is 2. The lowest BCUT2D eigenvalue weighted by Gasteiger charge is -2.11. The molecule has 0 bridgehead atoms. The summed E-state index contributed by atoms with van der Waals surface area (Å²) in [4.78, 5) is 42.6. The minimum Gasteiger partial charge on any atom is -0.384 e. The van der Waals surface area contributed by atoms with Gasteiger partial charge in [0.2, 0.25) is 0 Å². The molecule has 0 saturated heterocycles. The van der Waals surface area contributed by atoms with Gasteiger partial charge in [-0.2, -0.15) is 0 Å². The third-order valence-electron chi connectivity index (χ3n) is 3.72. The topological polar surface area (TPSA) is 116 Å². The number of hydrogen-bond acceptors (Lipinski definition) is 6. The molecule has 2 heterocycles. The van der Waals surface area contributed by atoms with Crippen LogP contribution in [0.4, 0.5) is 5.82 Å². The Balaban J connectivity index is 1.86. The van der Waals surface area contributed by atoms with Crippen LogP contribution in [0.2, 0.25) is 0 Å². The fourth-order valence-corrected chi connectivity index (χ4v) is 3.31. The van der Waals surface area contributed by atoms with Gasteiger partial charge in [0.25, 0.3) is 5.56 Å². The number of nitrogens with two attached hydrogens (primary N) is 1. The molecule has 0 atom stereocenters. The molecule has 0 amide bonds. The molecule has 3 rings (SSSR count). The number of imidazole rings is 1. The van der Waals surface area contributed by atoms with Crippen LogP contribution in [-0.4, -0.2) is 30.6 Å². The Morgan fingerprint density at radius 2 is 2.22 bits per heavy atom. The van der Waals surface area contributed by atoms with Crippen LogP contribution in [0.5, 0.6) is 0 Å². The van der Waals surface area contributed by atoms with Crippen molar-refractivity contribution in [3.63, 3.8) is 0 Å². The van der Waals surface area contributed by atoms with Crippen molar-refractivity contribution < 1.29 is 4.79 Å². The summed E-state index contributed by atoms with van der Waals surface area (Å²) in [6, 6.07) is -0.0162. The minimum atomic E-state index is -0.728. The van der Waals surface area contributed by atoms with Crippen molar-refractivity contribution in [3.05, 3.63) is 38.8 Å². The zero-order chi connectivity index (χ0) is 16.6. The van der Waals surface area contributed by atoms with Gasteiger partial charge in [0.1, 0.15) is 11.4 Å². The maximum absolute atomic E-state index is 12.4. The van der Waals surface area contributed by atoms with Crippen LogP contribution in [0, 0.1) is 0 Å². The van der Waals surface area contributed by atoms with Crippen molar-refractivity contribution in [2.45, 2.75) is 37.5 Å². The molecule has 1 saturated carbocycles. The van der Waals surface area contributed by atoms with Crippen LogP contribution in [0.3, 0.4) is 0 Å². The summed E-state index contributed by atoms with van der Waals surface area (Å²) in [5, 5.41) is 0.700. The zero-order valence-electron chi connectivity index (χ0n) is 12.6. The number of nitrogens with zero attached hydrogens (tertiary/aromatic N) is 3. The molecule has 9 heteroatoms. The van der Waals surface area contributed by atoms with Crippen molar-refractivity contribution in [2.75, 3.05) is 11.5 Å². The molecule has 0 aromatic carbocycles. The lowest BCUT2D eigenvalue weighted by atomic mass is 10.2. The first kappa shape index (κ1) is 15.6. The zero-order valence-corrected chi connectivity index (χ0v) is 13.4. The first-order valence-electron chi connectivity index (χ1n) is 7.34. The van der Waals surface area contributed by atoms with Gasteiger partial charge in [-0.15, -0.1) is 0 Å². The highest BCUT2D eigenvalue weighted by molar-refractivity contribution is 7.99. The van der Waals surface area contributed by atoms with Gasteiger partial charge in [0, 0.05) is 25.0 Å². The van der Waals surface area contributed by atoms with E-state index in [1.165, 1.54) is 16.3 Å². The number of aryl methyl sites for hydroxylation is 1. The number of H-pyrrole nitrogens is 1. The van der Waals surface area contributed by atoms with E-state index in [-0.39, 0.29) is 23.2 Å². The third-order valence-corrected chi connectivity index (χ3v) is 4.73. The summed E-state index contributed by atoms with van der Waals surface area (Å²) in [7, 11) is 0. The van der Waals surface area contributed by atoms with Gasteiger partial charge < -0.3 is 10.3 Å². The molecule has 8 nitrogen and oxygen atoms in total. The molecule has 122 valence electrons. The Bertz CT molecular complexity index is 862. The normalized spacial score (nSPS) is 14.1. The third kappa shape index (κ3) is 2.96. The van der Waals surface area contributed by atoms with Gasteiger partial charge >= 0.3 is 5.69 Å². The maximum Gasteiger partial charge on any atom is 0.330 e. The van der Waals surface area contributed by atoms with Gasteiger partial charge in [0.15, 0.2) is 10.9 Å². The average Bonchev–Trinajstić information content (AvgIpc) is 3.21. The van der Waals surface area contributed by atoms with Crippen molar-refractivity contribution in [2.24, 2.45) is 0 Å². The summed E-state index contributed by atoms with van der Waals surface area (Å²) in [6.45, 7) is 2.72. The van der Waals surface area contributed by atoms with Crippen LogP contribution in [0.15, 0.2) is 27.1 Å². The van der Waals surface area contributed by atoms with E-state index in [1.54, 1.807) is 6.20 Å². The monoisotopic (exact) mass is 335 g/mol. The fraction of sp³-hybridized carbons (Fsp3) is 0.429. The Hall–Kier alpha value is -2.29. The Morgan fingerprint density at radius 3 is 2.87 bits per heavy atom. The SMILES string of the molecule is CCn1ccnc1SCC(=O)c1c(N)n(C2CC2)c(=O)[nH]c1=O. The number of rotatable bonds is 6. The molecule has 3 N–H and O–H groups in total. The van der Waals surface area contributed by atoms with E-state index < -0.39 is 17.0 Å². The summed E-state index contributed by atoms with van der Waals surface area (Å²) in [6.07, 6.45) is 5.13. The van der Waals surface area contributed by atoms with Crippen LogP contribution >= 0.6 is 11.8 Å². The molecule has 23 heavy (non-hydrogen) atoms. The fourth-order valence-electron chi connectivity index (χ4n) is 2.41. The summed E-state index contributed by atoms with van der Waals surface area (Å²) in [5.74, 6) is -0.410. The van der Waals surface area contributed by atoms with Crippen molar-refractivity contribution in [3.8, 4) is 0 Å². The molecular formula is C14H17N5O3S.